The zero-order valence-corrected chi connectivity index (χ0v) is 15.4. The van der Waals surface area contributed by atoms with E-state index in [0.717, 1.165) is 0 Å². The average molecular weight is 392 g/mol. The van der Waals surface area contributed by atoms with Crippen molar-refractivity contribution in [3.05, 3.63) is 86.6 Å². The molecule has 0 radical (unpaired) electrons. The van der Waals surface area contributed by atoms with E-state index >= 15 is 0 Å². The fourth-order valence-electron chi connectivity index (χ4n) is 3.31. The number of hydrogen-bond donors (Lipinski definition) is 1. The Bertz CT molecular complexity index is 1350. The summed E-state index contributed by atoms with van der Waals surface area (Å²) in [6.45, 7) is 0. The summed E-state index contributed by atoms with van der Waals surface area (Å²) in [5, 5.41) is 11.0. The molecule has 1 N–H and O–H groups in total. The highest BCUT2D eigenvalue weighted by atomic mass is 16.5. The predicted octanol–water partition coefficient (Wildman–Crippen LogP) is 3.30. The third-order valence-corrected chi connectivity index (χ3v) is 4.80. The van der Waals surface area contributed by atoms with Crippen LogP contribution in [0.25, 0.3) is 21.9 Å². The number of carbonyl (C=O) groups is 1. The maximum atomic E-state index is 13.1. The standard InChI is InChI=1S/C22H16O7/c1-27-18(23)10-14(15-11-28-16-8-4-2-6-12(16)19(15)24)22-21(26)20(25)13-7-3-5-9-17(13)29-22/h2-9,11,14,26H,10H2,1H3. The lowest BCUT2D eigenvalue weighted by Crippen LogP contribution is -2.19. The molecule has 2 aromatic carbocycles. The number of ether oxygens (including phenoxy) is 1. The maximum Gasteiger partial charge on any atom is 0.306 e. The molecule has 2 heterocycles. The first-order valence-electron chi connectivity index (χ1n) is 8.83. The Morgan fingerprint density at radius 2 is 1.62 bits per heavy atom. The van der Waals surface area contributed by atoms with Gasteiger partial charge in [-0.25, -0.2) is 0 Å². The van der Waals surface area contributed by atoms with Crippen molar-refractivity contribution >= 4 is 27.9 Å². The largest absolute Gasteiger partial charge is 0.502 e. The SMILES string of the molecule is COC(=O)CC(c1oc2ccccc2c(=O)c1O)c1coc2ccccc2c1=O. The highest BCUT2D eigenvalue weighted by molar-refractivity contribution is 5.80. The lowest BCUT2D eigenvalue weighted by Gasteiger charge is -2.16. The van der Waals surface area contributed by atoms with Gasteiger partial charge in [0, 0.05) is 5.56 Å². The normalized spacial score (nSPS) is 12.2. The van der Waals surface area contributed by atoms with Crippen molar-refractivity contribution in [3.8, 4) is 5.75 Å². The van der Waals surface area contributed by atoms with Crippen LogP contribution in [-0.4, -0.2) is 18.2 Å². The second-order valence-electron chi connectivity index (χ2n) is 6.49. The summed E-state index contributed by atoms with van der Waals surface area (Å²) in [7, 11) is 1.21. The van der Waals surface area contributed by atoms with Crippen molar-refractivity contribution in [1.82, 2.24) is 0 Å². The number of rotatable bonds is 4. The van der Waals surface area contributed by atoms with Gasteiger partial charge >= 0.3 is 5.97 Å². The van der Waals surface area contributed by atoms with E-state index in [9.17, 15) is 19.5 Å². The molecule has 2 aromatic heterocycles. The molecule has 4 rings (SSSR count). The fraction of sp³-hybridized carbons (Fsp3) is 0.136. The smallest absolute Gasteiger partial charge is 0.306 e. The number of esters is 1. The zero-order chi connectivity index (χ0) is 20.5. The molecule has 1 atom stereocenters. The highest BCUT2D eigenvalue weighted by Gasteiger charge is 2.30. The number of hydrogen-bond acceptors (Lipinski definition) is 7. The lowest BCUT2D eigenvalue weighted by molar-refractivity contribution is -0.140. The van der Waals surface area contributed by atoms with Crippen molar-refractivity contribution < 1.29 is 23.5 Å². The molecule has 0 fully saturated rings. The molecule has 7 nitrogen and oxygen atoms in total. The van der Waals surface area contributed by atoms with Gasteiger partial charge in [0.1, 0.15) is 11.2 Å². The van der Waals surface area contributed by atoms with Gasteiger partial charge < -0.3 is 18.7 Å². The monoisotopic (exact) mass is 392 g/mol. The van der Waals surface area contributed by atoms with Crippen molar-refractivity contribution in [3.63, 3.8) is 0 Å². The number of aromatic hydroxyl groups is 1. The highest BCUT2D eigenvalue weighted by Crippen LogP contribution is 2.34. The molecule has 0 spiro atoms. The van der Waals surface area contributed by atoms with Gasteiger partial charge in [-0.1, -0.05) is 24.3 Å². The van der Waals surface area contributed by atoms with Gasteiger partial charge in [-0.05, 0) is 24.3 Å². The van der Waals surface area contributed by atoms with Crippen LogP contribution in [0.2, 0.25) is 0 Å². The second-order valence-corrected chi connectivity index (χ2v) is 6.49. The Labute approximate surface area is 163 Å². The van der Waals surface area contributed by atoms with Gasteiger partial charge in [0.05, 0.1) is 36.5 Å². The summed E-state index contributed by atoms with van der Waals surface area (Å²) in [4.78, 5) is 37.7. The summed E-state index contributed by atoms with van der Waals surface area (Å²) in [6.07, 6.45) is 0.890. The second kappa shape index (κ2) is 7.27. The number of methoxy groups -OCH3 is 1. The van der Waals surface area contributed by atoms with E-state index in [-0.39, 0.29) is 28.7 Å². The Balaban J connectivity index is 1.99. The van der Waals surface area contributed by atoms with Crippen molar-refractivity contribution in [1.29, 1.82) is 0 Å². The van der Waals surface area contributed by atoms with Crippen LogP contribution in [0.15, 0.2) is 73.2 Å². The van der Waals surface area contributed by atoms with Crippen molar-refractivity contribution in [2.75, 3.05) is 7.11 Å². The molecular weight excluding hydrogens is 376 g/mol. The van der Waals surface area contributed by atoms with Gasteiger partial charge in [0.2, 0.25) is 11.2 Å². The molecule has 4 aromatic rings. The first-order valence-corrected chi connectivity index (χ1v) is 8.83. The first-order chi connectivity index (χ1) is 14.0. The number of carbonyl (C=O) groups excluding carboxylic acids is 1. The van der Waals surface area contributed by atoms with Crippen molar-refractivity contribution in [2.24, 2.45) is 0 Å². The van der Waals surface area contributed by atoms with Gasteiger partial charge in [-0.3, -0.25) is 14.4 Å². The molecule has 0 aliphatic carbocycles. The molecule has 7 heteroatoms. The van der Waals surface area contributed by atoms with Gasteiger partial charge in [-0.15, -0.1) is 0 Å². The molecule has 1 unspecified atom stereocenters. The Kier molecular flexibility index (Phi) is 4.64. The quantitative estimate of drug-likeness (QED) is 0.531. The third kappa shape index (κ3) is 3.16. The Morgan fingerprint density at radius 1 is 1.00 bits per heavy atom. The van der Waals surface area contributed by atoms with Crippen LogP contribution in [-0.2, 0) is 9.53 Å². The van der Waals surface area contributed by atoms with Crippen LogP contribution < -0.4 is 10.9 Å². The number of para-hydroxylation sites is 2. The lowest BCUT2D eigenvalue weighted by atomic mass is 9.92. The average Bonchev–Trinajstić information content (AvgIpc) is 2.75. The molecule has 0 bridgehead atoms. The van der Waals surface area contributed by atoms with E-state index in [2.05, 4.69) is 0 Å². The Morgan fingerprint density at radius 3 is 2.31 bits per heavy atom. The van der Waals surface area contributed by atoms with Crippen LogP contribution >= 0.6 is 0 Å². The van der Waals surface area contributed by atoms with Crippen LogP contribution in [0.3, 0.4) is 0 Å². The number of fused-ring (bicyclic) bond motifs is 2. The van der Waals surface area contributed by atoms with Crippen LogP contribution in [0.1, 0.15) is 23.7 Å². The minimum absolute atomic E-state index is 0.0721. The number of benzene rings is 2. The zero-order valence-electron chi connectivity index (χ0n) is 15.4. The van der Waals surface area contributed by atoms with Gasteiger partial charge in [-0.2, -0.15) is 0 Å². The summed E-state index contributed by atoms with van der Waals surface area (Å²) < 4.78 is 16.0. The van der Waals surface area contributed by atoms with E-state index in [1.165, 1.54) is 19.4 Å². The first kappa shape index (κ1) is 18.5. The van der Waals surface area contributed by atoms with Crippen LogP contribution in [0.4, 0.5) is 0 Å². The molecule has 0 amide bonds. The molecular formula is C22H16O7. The van der Waals surface area contributed by atoms with E-state index in [4.69, 9.17) is 13.6 Å². The molecule has 0 saturated carbocycles. The molecule has 146 valence electrons. The van der Waals surface area contributed by atoms with E-state index < -0.39 is 28.5 Å². The summed E-state index contributed by atoms with van der Waals surface area (Å²) in [6, 6.07) is 13.0. The molecule has 0 aliphatic rings. The van der Waals surface area contributed by atoms with E-state index in [0.29, 0.717) is 11.0 Å². The van der Waals surface area contributed by atoms with Crippen molar-refractivity contribution in [2.45, 2.75) is 12.3 Å². The molecule has 0 saturated heterocycles. The molecule has 0 aliphatic heterocycles. The van der Waals surface area contributed by atoms with E-state index in [1.54, 1.807) is 42.5 Å². The van der Waals surface area contributed by atoms with Gasteiger partial charge in [0.15, 0.2) is 11.2 Å². The summed E-state index contributed by atoms with van der Waals surface area (Å²) in [5.74, 6) is -2.56. The topological polar surface area (TPSA) is 107 Å². The van der Waals surface area contributed by atoms with Crippen LogP contribution in [0, 0.1) is 0 Å². The fourth-order valence-corrected chi connectivity index (χ4v) is 3.31. The Hall–Kier alpha value is -3.87. The minimum atomic E-state index is -1.07. The predicted molar refractivity (Wildman–Crippen MR) is 105 cm³/mol. The summed E-state index contributed by atoms with van der Waals surface area (Å²) in [5.41, 5.74) is -0.367. The third-order valence-electron chi connectivity index (χ3n) is 4.80. The van der Waals surface area contributed by atoms with E-state index in [1.807, 2.05) is 0 Å². The summed E-state index contributed by atoms with van der Waals surface area (Å²) >= 11 is 0. The minimum Gasteiger partial charge on any atom is -0.502 e. The van der Waals surface area contributed by atoms with Crippen LogP contribution in [0.5, 0.6) is 5.75 Å². The molecule has 29 heavy (non-hydrogen) atoms. The van der Waals surface area contributed by atoms with Gasteiger partial charge in [0.25, 0.3) is 0 Å². The maximum absolute atomic E-state index is 13.1.